The Labute approximate surface area is 128 Å². The van der Waals surface area contributed by atoms with Gasteiger partial charge in [0, 0.05) is 5.88 Å². The van der Waals surface area contributed by atoms with E-state index in [1.54, 1.807) is 0 Å². The van der Waals surface area contributed by atoms with Gasteiger partial charge in [0.15, 0.2) is 0 Å². The van der Waals surface area contributed by atoms with E-state index in [4.69, 9.17) is 39.5 Å². The summed E-state index contributed by atoms with van der Waals surface area (Å²) in [7, 11) is 0. The van der Waals surface area contributed by atoms with E-state index < -0.39 is 5.02 Å². The van der Waals surface area contributed by atoms with Gasteiger partial charge in [-0.3, -0.25) is 0 Å². The van der Waals surface area contributed by atoms with Crippen LogP contribution in [0.3, 0.4) is 0 Å². The van der Waals surface area contributed by atoms with E-state index in [2.05, 4.69) is 6.92 Å². The van der Waals surface area contributed by atoms with E-state index in [-0.39, 0.29) is 6.10 Å². The largest absolute Gasteiger partial charge is 0.346 e. The standard InChI is InChI=1S/C14H27Cl3O/c1-2-3-4-5-6-7-8-10-13(11-9-12-15)18-14(16)17/h13-14H,2-12H2,1H3. The summed E-state index contributed by atoms with van der Waals surface area (Å²) >= 11 is 17.0. The van der Waals surface area contributed by atoms with Crippen LogP contribution in [0.1, 0.15) is 71.1 Å². The molecule has 0 amide bonds. The molecule has 0 fully saturated rings. The number of alkyl halides is 3. The van der Waals surface area contributed by atoms with Crippen molar-refractivity contribution in [1.82, 2.24) is 0 Å². The van der Waals surface area contributed by atoms with Gasteiger partial charge in [0.05, 0.1) is 6.10 Å². The second kappa shape index (κ2) is 14.2. The molecule has 1 atom stereocenters. The first-order valence-electron chi connectivity index (χ1n) is 7.20. The smallest absolute Gasteiger partial charge is 0.206 e. The summed E-state index contributed by atoms with van der Waals surface area (Å²) < 4.78 is 5.47. The maximum Gasteiger partial charge on any atom is 0.206 e. The van der Waals surface area contributed by atoms with Crippen molar-refractivity contribution in [2.75, 3.05) is 5.88 Å². The zero-order valence-corrected chi connectivity index (χ0v) is 13.7. The Kier molecular flexibility index (Phi) is 14.9. The lowest BCUT2D eigenvalue weighted by atomic mass is 10.0. The normalized spacial score (nSPS) is 13.2. The molecule has 0 aliphatic heterocycles. The molecule has 0 aliphatic rings. The molecule has 4 heteroatoms. The molecule has 0 aromatic carbocycles. The fourth-order valence-corrected chi connectivity index (χ4v) is 2.51. The fourth-order valence-electron chi connectivity index (χ4n) is 2.06. The minimum atomic E-state index is -0.713. The van der Waals surface area contributed by atoms with Crippen LogP contribution in [0.2, 0.25) is 0 Å². The van der Waals surface area contributed by atoms with Crippen LogP contribution in [0.15, 0.2) is 0 Å². The molecular weight excluding hydrogens is 291 g/mol. The number of hydrogen-bond acceptors (Lipinski definition) is 1. The second-order valence-corrected chi connectivity index (χ2v) is 6.15. The summed E-state index contributed by atoms with van der Waals surface area (Å²) in [6.07, 6.45) is 12.3. The van der Waals surface area contributed by atoms with Crippen molar-refractivity contribution >= 4 is 34.8 Å². The Morgan fingerprint density at radius 2 is 1.39 bits per heavy atom. The lowest BCUT2D eigenvalue weighted by molar-refractivity contribution is 0.0527. The molecule has 0 rings (SSSR count). The average molecular weight is 318 g/mol. The number of hydrogen-bond donors (Lipinski definition) is 0. The Hall–Kier alpha value is 0.830. The third kappa shape index (κ3) is 13.3. The molecule has 0 saturated carbocycles. The highest BCUT2D eigenvalue weighted by Crippen LogP contribution is 2.18. The third-order valence-corrected chi connectivity index (χ3v) is 3.56. The van der Waals surface area contributed by atoms with Crippen LogP contribution in [0.5, 0.6) is 0 Å². The summed E-state index contributed by atoms with van der Waals surface area (Å²) in [4.78, 5) is 0. The zero-order valence-electron chi connectivity index (χ0n) is 11.5. The Morgan fingerprint density at radius 1 is 0.833 bits per heavy atom. The van der Waals surface area contributed by atoms with Gasteiger partial charge in [-0.25, -0.2) is 0 Å². The SMILES string of the molecule is CCCCCCCCCC(CCCCl)OC(Cl)Cl. The molecule has 0 aromatic heterocycles. The highest BCUT2D eigenvalue weighted by molar-refractivity contribution is 6.43. The molecule has 0 spiro atoms. The predicted octanol–water partition coefficient (Wildman–Crippen LogP) is 6.29. The van der Waals surface area contributed by atoms with Crippen LogP contribution in [0.25, 0.3) is 0 Å². The van der Waals surface area contributed by atoms with Crippen molar-refractivity contribution in [3.05, 3.63) is 0 Å². The first kappa shape index (κ1) is 18.8. The van der Waals surface area contributed by atoms with Gasteiger partial charge in [-0.2, -0.15) is 0 Å². The number of halogens is 3. The maximum atomic E-state index is 5.69. The maximum absolute atomic E-state index is 5.69. The van der Waals surface area contributed by atoms with Crippen molar-refractivity contribution in [1.29, 1.82) is 0 Å². The average Bonchev–Trinajstić information content (AvgIpc) is 2.34. The van der Waals surface area contributed by atoms with Gasteiger partial charge in [0.1, 0.15) is 0 Å². The van der Waals surface area contributed by atoms with Crippen LogP contribution in [-0.2, 0) is 4.74 Å². The van der Waals surface area contributed by atoms with Crippen molar-refractivity contribution in [2.24, 2.45) is 0 Å². The van der Waals surface area contributed by atoms with Gasteiger partial charge >= 0.3 is 0 Å². The van der Waals surface area contributed by atoms with Gasteiger partial charge in [0.25, 0.3) is 0 Å². The van der Waals surface area contributed by atoms with Crippen molar-refractivity contribution in [3.8, 4) is 0 Å². The number of rotatable bonds is 13. The van der Waals surface area contributed by atoms with Crippen molar-refractivity contribution in [2.45, 2.75) is 82.3 Å². The first-order chi connectivity index (χ1) is 8.70. The monoisotopic (exact) mass is 316 g/mol. The summed E-state index contributed by atoms with van der Waals surface area (Å²) in [5.74, 6) is 0.673. The molecule has 0 radical (unpaired) electrons. The zero-order chi connectivity index (χ0) is 13.6. The molecule has 0 bridgehead atoms. The van der Waals surface area contributed by atoms with E-state index >= 15 is 0 Å². The minimum absolute atomic E-state index is 0.166. The molecule has 1 unspecified atom stereocenters. The van der Waals surface area contributed by atoms with Crippen LogP contribution in [-0.4, -0.2) is 17.0 Å². The van der Waals surface area contributed by atoms with Crippen LogP contribution in [0, 0.1) is 0 Å². The molecule has 0 N–H and O–H groups in total. The lowest BCUT2D eigenvalue weighted by Gasteiger charge is -2.18. The molecular formula is C14H27Cl3O. The molecule has 110 valence electrons. The van der Waals surface area contributed by atoms with Gasteiger partial charge in [-0.1, -0.05) is 75.1 Å². The van der Waals surface area contributed by atoms with E-state index in [9.17, 15) is 0 Å². The van der Waals surface area contributed by atoms with Crippen LogP contribution in [0.4, 0.5) is 0 Å². The lowest BCUT2D eigenvalue weighted by Crippen LogP contribution is -2.15. The van der Waals surface area contributed by atoms with E-state index in [0.717, 1.165) is 19.3 Å². The summed E-state index contributed by atoms with van der Waals surface area (Å²) in [6.45, 7) is 2.24. The topological polar surface area (TPSA) is 9.23 Å². The van der Waals surface area contributed by atoms with Crippen LogP contribution >= 0.6 is 34.8 Å². The molecule has 0 saturated heterocycles. The van der Waals surface area contributed by atoms with Gasteiger partial charge in [-0.05, 0) is 19.3 Å². The second-order valence-electron chi connectivity index (χ2n) is 4.76. The highest BCUT2D eigenvalue weighted by Gasteiger charge is 2.12. The molecule has 0 heterocycles. The van der Waals surface area contributed by atoms with Crippen molar-refractivity contribution < 1.29 is 4.74 Å². The van der Waals surface area contributed by atoms with E-state index in [1.807, 2.05) is 0 Å². The molecule has 0 aliphatic carbocycles. The number of unbranched alkanes of at least 4 members (excludes halogenated alkanes) is 6. The van der Waals surface area contributed by atoms with Crippen LogP contribution < -0.4 is 0 Å². The Balaban J connectivity index is 3.49. The minimum Gasteiger partial charge on any atom is -0.346 e. The van der Waals surface area contributed by atoms with Crippen molar-refractivity contribution in [3.63, 3.8) is 0 Å². The van der Waals surface area contributed by atoms with Gasteiger partial charge < -0.3 is 4.74 Å². The fraction of sp³-hybridized carbons (Fsp3) is 1.00. The molecule has 0 aromatic rings. The summed E-state index contributed by atoms with van der Waals surface area (Å²) in [5, 5.41) is -0.713. The summed E-state index contributed by atoms with van der Waals surface area (Å²) in [6, 6.07) is 0. The van der Waals surface area contributed by atoms with Gasteiger partial charge in [0.2, 0.25) is 5.02 Å². The highest BCUT2D eigenvalue weighted by atomic mass is 35.5. The number of ether oxygens (including phenoxy) is 1. The quantitative estimate of drug-likeness (QED) is 0.286. The van der Waals surface area contributed by atoms with E-state index in [0.29, 0.717) is 5.88 Å². The summed E-state index contributed by atoms with van der Waals surface area (Å²) in [5.41, 5.74) is 0. The first-order valence-corrected chi connectivity index (χ1v) is 8.61. The van der Waals surface area contributed by atoms with Gasteiger partial charge in [-0.15, -0.1) is 11.6 Å². The third-order valence-electron chi connectivity index (χ3n) is 3.08. The van der Waals surface area contributed by atoms with E-state index in [1.165, 1.54) is 44.9 Å². The molecule has 1 nitrogen and oxygen atoms in total. The predicted molar refractivity (Wildman–Crippen MR) is 82.9 cm³/mol. The Morgan fingerprint density at radius 3 is 1.94 bits per heavy atom. The molecule has 18 heavy (non-hydrogen) atoms. The Bertz CT molecular complexity index is 165.